The highest BCUT2D eigenvalue weighted by molar-refractivity contribution is 5.92. The number of anilines is 1. The Balaban J connectivity index is 1.65. The van der Waals surface area contributed by atoms with Gasteiger partial charge in [0.1, 0.15) is 0 Å². The molecule has 0 amide bonds. The molecule has 2 aromatic rings. The topological polar surface area (TPSA) is 68.9 Å². The van der Waals surface area contributed by atoms with Crippen molar-refractivity contribution in [1.82, 2.24) is 0 Å². The van der Waals surface area contributed by atoms with Crippen LogP contribution in [0.5, 0.6) is 11.5 Å². The van der Waals surface area contributed by atoms with E-state index >= 15 is 0 Å². The average molecular weight is 325 g/mol. The third kappa shape index (κ3) is 4.19. The van der Waals surface area contributed by atoms with E-state index in [-0.39, 0.29) is 0 Å². The van der Waals surface area contributed by atoms with Gasteiger partial charge in [-0.1, -0.05) is 25.1 Å². The van der Waals surface area contributed by atoms with Gasteiger partial charge < -0.3 is 20.5 Å². The summed E-state index contributed by atoms with van der Waals surface area (Å²) in [5.41, 5.74) is 9.24. The molecule has 0 unspecified atom stereocenters. The molecule has 24 heavy (non-hydrogen) atoms. The minimum Gasteiger partial charge on any atom is -0.490 e. The third-order valence-corrected chi connectivity index (χ3v) is 3.85. The monoisotopic (exact) mass is 325 g/mol. The Hall–Kier alpha value is -2.69. The number of hydrogen-bond acceptors (Lipinski definition) is 3. The number of ether oxygens (including phenoxy) is 2. The molecular formula is C19H23N3O2. The largest absolute Gasteiger partial charge is 0.490 e. The van der Waals surface area contributed by atoms with Crippen molar-refractivity contribution in [1.29, 1.82) is 0 Å². The molecule has 1 aliphatic heterocycles. The van der Waals surface area contributed by atoms with Crippen LogP contribution in [-0.4, -0.2) is 19.2 Å². The van der Waals surface area contributed by atoms with Crippen molar-refractivity contribution in [3.63, 3.8) is 0 Å². The molecule has 0 aliphatic carbocycles. The van der Waals surface area contributed by atoms with E-state index in [1.54, 1.807) is 0 Å². The molecule has 0 saturated carbocycles. The molecule has 0 fully saturated rings. The molecule has 5 nitrogen and oxygen atoms in total. The number of fused-ring (bicyclic) bond motifs is 1. The first-order chi connectivity index (χ1) is 11.7. The molecule has 0 saturated heterocycles. The Morgan fingerprint density at radius 2 is 1.92 bits per heavy atom. The standard InChI is InChI=1S/C19H23N3O2/c1-2-14-5-3-6-16(11-14)22-19(20)21-13-15-7-8-17-18(12-15)24-10-4-9-23-17/h3,5-8,11-12H,2,4,9-10,13H2,1H3,(H3,20,21,22). The van der Waals surface area contributed by atoms with Crippen molar-refractivity contribution in [2.75, 3.05) is 18.5 Å². The molecule has 0 bridgehead atoms. The molecule has 0 spiro atoms. The number of aryl methyl sites for hydroxylation is 1. The lowest BCUT2D eigenvalue weighted by atomic mass is 10.1. The van der Waals surface area contributed by atoms with Crippen molar-refractivity contribution in [3.8, 4) is 11.5 Å². The fourth-order valence-electron chi connectivity index (χ4n) is 2.54. The van der Waals surface area contributed by atoms with Gasteiger partial charge in [0.15, 0.2) is 17.5 Å². The number of nitrogens with zero attached hydrogens (tertiary/aromatic N) is 1. The van der Waals surface area contributed by atoms with E-state index in [0.717, 1.165) is 35.6 Å². The summed E-state index contributed by atoms with van der Waals surface area (Å²) in [5, 5.41) is 3.13. The minimum absolute atomic E-state index is 0.398. The van der Waals surface area contributed by atoms with Crippen LogP contribution in [0.1, 0.15) is 24.5 Å². The maximum atomic E-state index is 5.99. The summed E-state index contributed by atoms with van der Waals surface area (Å²) in [7, 11) is 0. The van der Waals surface area contributed by atoms with Gasteiger partial charge in [-0.15, -0.1) is 0 Å². The minimum atomic E-state index is 0.398. The Labute approximate surface area is 142 Å². The van der Waals surface area contributed by atoms with Crippen LogP contribution in [0.2, 0.25) is 0 Å². The molecule has 1 aliphatic rings. The zero-order valence-corrected chi connectivity index (χ0v) is 13.9. The summed E-state index contributed by atoms with van der Waals surface area (Å²) in [6.07, 6.45) is 1.89. The normalized spacial score (nSPS) is 14.1. The van der Waals surface area contributed by atoms with E-state index in [0.29, 0.717) is 25.7 Å². The molecule has 3 rings (SSSR count). The fraction of sp³-hybridized carbons (Fsp3) is 0.316. The zero-order valence-electron chi connectivity index (χ0n) is 13.9. The Morgan fingerprint density at radius 1 is 1.08 bits per heavy atom. The first kappa shape index (κ1) is 16.2. The van der Waals surface area contributed by atoms with Gasteiger partial charge in [-0.05, 0) is 41.8 Å². The van der Waals surface area contributed by atoms with Crippen LogP contribution in [0, 0.1) is 0 Å². The Morgan fingerprint density at radius 3 is 2.75 bits per heavy atom. The van der Waals surface area contributed by atoms with E-state index in [1.807, 2.05) is 30.3 Å². The van der Waals surface area contributed by atoms with E-state index < -0.39 is 0 Å². The first-order valence-electron chi connectivity index (χ1n) is 8.29. The van der Waals surface area contributed by atoms with Crippen molar-refractivity contribution in [2.45, 2.75) is 26.3 Å². The number of aliphatic imine (C=N–C) groups is 1. The van der Waals surface area contributed by atoms with E-state index in [1.165, 1.54) is 5.56 Å². The molecular weight excluding hydrogens is 302 g/mol. The summed E-state index contributed by atoms with van der Waals surface area (Å²) in [4.78, 5) is 4.40. The van der Waals surface area contributed by atoms with Gasteiger partial charge in [0.25, 0.3) is 0 Å². The molecule has 5 heteroatoms. The number of benzene rings is 2. The Bertz CT molecular complexity index is 728. The zero-order chi connectivity index (χ0) is 16.8. The van der Waals surface area contributed by atoms with Gasteiger partial charge in [-0.25, -0.2) is 4.99 Å². The second kappa shape index (κ2) is 7.73. The first-order valence-corrected chi connectivity index (χ1v) is 8.29. The molecule has 2 aromatic carbocycles. The van der Waals surface area contributed by atoms with Gasteiger partial charge in [-0.2, -0.15) is 0 Å². The third-order valence-electron chi connectivity index (χ3n) is 3.85. The predicted molar refractivity (Wildman–Crippen MR) is 96.8 cm³/mol. The summed E-state index contributed by atoms with van der Waals surface area (Å²) in [6, 6.07) is 14.1. The predicted octanol–water partition coefficient (Wildman–Crippen LogP) is 3.34. The number of nitrogens with one attached hydrogen (secondary N) is 1. The summed E-state index contributed by atoms with van der Waals surface area (Å²) >= 11 is 0. The van der Waals surface area contributed by atoms with Crippen molar-refractivity contribution < 1.29 is 9.47 Å². The van der Waals surface area contributed by atoms with E-state index in [4.69, 9.17) is 15.2 Å². The number of rotatable bonds is 4. The average Bonchev–Trinajstić information content (AvgIpc) is 2.85. The van der Waals surface area contributed by atoms with E-state index in [9.17, 15) is 0 Å². The molecule has 3 N–H and O–H groups in total. The summed E-state index contributed by atoms with van der Waals surface area (Å²) < 4.78 is 11.3. The van der Waals surface area contributed by atoms with Crippen LogP contribution < -0.4 is 20.5 Å². The van der Waals surface area contributed by atoms with Gasteiger partial charge in [0.05, 0.1) is 19.8 Å². The smallest absolute Gasteiger partial charge is 0.193 e. The molecule has 126 valence electrons. The highest BCUT2D eigenvalue weighted by Gasteiger charge is 2.10. The number of guanidine groups is 1. The molecule has 0 aromatic heterocycles. The molecule has 0 atom stereocenters. The van der Waals surface area contributed by atoms with Crippen molar-refractivity contribution >= 4 is 11.6 Å². The number of hydrogen-bond donors (Lipinski definition) is 2. The second-order valence-corrected chi connectivity index (χ2v) is 5.71. The summed E-state index contributed by atoms with van der Waals surface area (Å²) in [5.74, 6) is 1.97. The SMILES string of the molecule is CCc1cccc(NC(N)=NCc2ccc3c(c2)OCCCO3)c1. The lowest BCUT2D eigenvalue weighted by Gasteiger charge is -2.09. The van der Waals surface area contributed by atoms with Gasteiger partial charge >= 0.3 is 0 Å². The second-order valence-electron chi connectivity index (χ2n) is 5.71. The maximum Gasteiger partial charge on any atom is 0.193 e. The van der Waals surface area contributed by atoms with Crippen LogP contribution >= 0.6 is 0 Å². The lowest BCUT2D eigenvalue weighted by Crippen LogP contribution is -2.22. The number of nitrogens with two attached hydrogens (primary N) is 1. The molecule has 1 heterocycles. The highest BCUT2D eigenvalue weighted by atomic mass is 16.5. The van der Waals surface area contributed by atoms with Crippen molar-refractivity contribution in [3.05, 3.63) is 53.6 Å². The van der Waals surface area contributed by atoms with Gasteiger partial charge in [0, 0.05) is 12.1 Å². The van der Waals surface area contributed by atoms with Crippen LogP contribution in [-0.2, 0) is 13.0 Å². The van der Waals surface area contributed by atoms with Crippen LogP contribution in [0.15, 0.2) is 47.5 Å². The maximum absolute atomic E-state index is 5.99. The lowest BCUT2D eigenvalue weighted by molar-refractivity contribution is 0.297. The van der Waals surface area contributed by atoms with Gasteiger partial charge in [0.2, 0.25) is 0 Å². The highest BCUT2D eigenvalue weighted by Crippen LogP contribution is 2.30. The van der Waals surface area contributed by atoms with Crippen LogP contribution in [0.3, 0.4) is 0 Å². The van der Waals surface area contributed by atoms with Gasteiger partial charge in [-0.3, -0.25) is 0 Å². The van der Waals surface area contributed by atoms with Crippen molar-refractivity contribution in [2.24, 2.45) is 10.7 Å². The van der Waals surface area contributed by atoms with Crippen LogP contribution in [0.25, 0.3) is 0 Å². The Kier molecular flexibility index (Phi) is 5.21. The summed E-state index contributed by atoms with van der Waals surface area (Å²) in [6.45, 7) is 3.99. The van der Waals surface area contributed by atoms with Crippen LogP contribution in [0.4, 0.5) is 5.69 Å². The quantitative estimate of drug-likeness (QED) is 0.668. The fourth-order valence-corrected chi connectivity index (χ4v) is 2.54. The molecule has 0 radical (unpaired) electrons. The van der Waals surface area contributed by atoms with E-state index in [2.05, 4.69) is 29.4 Å².